The Hall–Kier alpha value is -2.50. The highest BCUT2D eigenvalue weighted by Crippen LogP contribution is 2.19. The topological polar surface area (TPSA) is 91.4 Å². The summed E-state index contributed by atoms with van der Waals surface area (Å²) in [6.07, 6.45) is 1.98. The zero-order valence-electron chi connectivity index (χ0n) is 13.6. The van der Waals surface area contributed by atoms with Crippen molar-refractivity contribution in [2.45, 2.75) is 45.3 Å². The first-order chi connectivity index (χ1) is 10.8. The van der Waals surface area contributed by atoms with Gasteiger partial charge in [0.05, 0.1) is 0 Å². The fourth-order valence-electron chi connectivity index (χ4n) is 2.35. The maximum atomic E-state index is 11.7. The minimum Gasteiger partial charge on any atom is -0.480 e. The van der Waals surface area contributed by atoms with Crippen LogP contribution in [-0.2, 0) is 16.0 Å². The largest absolute Gasteiger partial charge is 0.480 e. The molecule has 3 N–H and O–H groups in total. The highest BCUT2D eigenvalue weighted by Gasteiger charge is 2.24. The van der Waals surface area contributed by atoms with Crippen LogP contribution in [0.4, 0.5) is 4.79 Å². The van der Waals surface area contributed by atoms with Gasteiger partial charge in [-0.05, 0) is 45.2 Å². The summed E-state index contributed by atoms with van der Waals surface area (Å²) in [5, 5.41) is 12.8. The van der Waals surface area contributed by atoms with E-state index in [1.165, 1.54) is 0 Å². The molecule has 0 saturated carbocycles. The van der Waals surface area contributed by atoms with Gasteiger partial charge >= 0.3 is 12.1 Å². The minimum absolute atomic E-state index is 0.288. The first-order valence-corrected chi connectivity index (χ1v) is 7.53. The van der Waals surface area contributed by atoms with Gasteiger partial charge in [0.15, 0.2) is 0 Å². The van der Waals surface area contributed by atoms with E-state index in [1.54, 1.807) is 20.8 Å². The average molecular weight is 318 g/mol. The summed E-state index contributed by atoms with van der Waals surface area (Å²) in [6, 6.07) is 6.84. The van der Waals surface area contributed by atoms with Crippen molar-refractivity contribution < 1.29 is 19.4 Å². The number of carbonyl (C=O) groups is 2. The zero-order valence-corrected chi connectivity index (χ0v) is 13.6. The van der Waals surface area contributed by atoms with E-state index >= 15 is 0 Å². The summed E-state index contributed by atoms with van der Waals surface area (Å²) < 4.78 is 5.11. The molecule has 0 fully saturated rings. The lowest BCUT2D eigenvalue weighted by Crippen LogP contribution is -2.43. The van der Waals surface area contributed by atoms with E-state index in [1.807, 2.05) is 30.5 Å². The smallest absolute Gasteiger partial charge is 0.408 e. The molecule has 0 aliphatic rings. The number of aromatic amines is 1. The number of rotatable bonds is 5. The number of aliphatic carboxylic acids is 1. The number of amides is 1. The summed E-state index contributed by atoms with van der Waals surface area (Å²) >= 11 is 0. The second-order valence-corrected chi connectivity index (χ2v) is 6.44. The molecule has 0 saturated heterocycles. The molecule has 1 atom stereocenters. The first-order valence-electron chi connectivity index (χ1n) is 7.53. The van der Waals surface area contributed by atoms with E-state index in [9.17, 15) is 14.7 Å². The average Bonchev–Trinajstić information content (AvgIpc) is 2.84. The van der Waals surface area contributed by atoms with Crippen LogP contribution in [0.15, 0.2) is 30.5 Å². The fourth-order valence-corrected chi connectivity index (χ4v) is 2.35. The zero-order chi connectivity index (χ0) is 17.0. The highest BCUT2D eigenvalue weighted by atomic mass is 16.6. The molecule has 2 rings (SSSR count). The van der Waals surface area contributed by atoms with Gasteiger partial charge in [0.1, 0.15) is 11.6 Å². The number of benzene rings is 1. The number of nitrogens with one attached hydrogen (secondary N) is 2. The van der Waals surface area contributed by atoms with Crippen molar-refractivity contribution in [1.29, 1.82) is 0 Å². The number of carbonyl (C=O) groups excluding carboxylic acids is 1. The summed E-state index contributed by atoms with van der Waals surface area (Å²) in [5.41, 5.74) is 1.37. The Morgan fingerprint density at radius 1 is 1.30 bits per heavy atom. The van der Waals surface area contributed by atoms with Crippen LogP contribution in [0, 0.1) is 0 Å². The number of hydrogen-bond acceptors (Lipinski definition) is 3. The Bertz CT molecular complexity index is 700. The van der Waals surface area contributed by atoms with Gasteiger partial charge in [-0.2, -0.15) is 0 Å². The lowest BCUT2D eigenvalue weighted by atomic mass is 10.0. The van der Waals surface area contributed by atoms with Crippen molar-refractivity contribution >= 4 is 23.0 Å². The lowest BCUT2D eigenvalue weighted by Gasteiger charge is -2.22. The molecule has 0 aliphatic heterocycles. The van der Waals surface area contributed by atoms with Crippen LogP contribution in [0.3, 0.4) is 0 Å². The maximum absolute atomic E-state index is 11.7. The van der Waals surface area contributed by atoms with E-state index in [-0.39, 0.29) is 6.42 Å². The molecule has 6 heteroatoms. The van der Waals surface area contributed by atoms with Crippen molar-refractivity contribution in [2.75, 3.05) is 0 Å². The minimum atomic E-state index is -1.07. The summed E-state index contributed by atoms with van der Waals surface area (Å²) in [6.45, 7) is 5.19. The molecular formula is C17H22N2O4. The van der Waals surface area contributed by atoms with Crippen molar-refractivity contribution in [2.24, 2.45) is 0 Å². The molecule has 2 aromatic rings. The van der Waals surface area contributed by atoms with E-state index in [2.05, 4.69) is 10.3 Å². The molecule has 0 aliphatic carbocycles. The Morgan fingerprint density at radius 3 is 2.65 bits per heavy atom. The quantitative estimate of drug-likeness (QED) is 0.790. The number of ether oxygens (including phenoxy) is 1. The first kappa shape index (κ1) is 16.9. The van der Waals surface area contributed by atoms with Crippen molar-refractivity contribution in [3.05, 3.63) is 36.0 Å². The molecular weight excluding hydrogens is 296 g/mol. The van der Waals surface area contributed by atoms with Gasteiger partial charge in [-0.3, -0.25) is 0 Å². The van der Waals surface area contributed by atoms with Crippen LogP contribution in [-0.4, -0.2) is 33.8 Å². The Balaban J connectivity index is 2.00. The number of aromatic nitrogens is 1. The summed E-state index contributed by atoms with van der Waals surface area (Å²) in [7, 11) is 0. The van der Waals surface area contributed by atoms with Gasteiger partial charge in [0, 0.05) is 17.1 Å². The third kappa shape index (κ3) is 4.74. The van der Waals surface area contributed by atoms with Crippen LogP contribution in [0.25, 0.3) is 10.9 Å². The van der Waals surface area contributed by atoms with Crippen molar-refractivity contribution in [3.8, 4) is 0 Å². The predicted octanol–water partition coefficient (Wildman–Crippen LogP) is 3.08. The number of alkyl carbamates (subject to hydrolysis) is 1. The molecule has 1 heterocycles. The lowest BCUT2D eigenvalue weighted by molar-refractivity contribution is -0.139. The third-order valence-corrected chi connectivity index (χ3v) is 3.37. The molecule has 6 nitrogen and oxygen atoms in total. The molecule has 1 amide bonds. The number of aryl methyl sites for hydroxylation is 1. The van der Waals surface area contributed by atoms with Gasteiger partial charge in [0.2, 0.25) is 0 Å². The van der Waals surface area contributed by atoms with E-state index < -0.39 is 23.7 Å². The molecule has 1 aromatic carbocycles. The van der Waals surface area contributed by atoms with Gasteiger partial charge < -0.3 is 20.1 Å². The van der Waals surface area contributed by atoms with Crippen molar-refractivity contribution in [1.82, 2.24) is 10.3 Å². The monoisotopic (exact) mass is 318 g/mol. The number of para-hydroxylation sites is 1. The molecule has 0 unspecified atom stereocenters. The van der Waals surface area contributed by atoms with Crippen molar-refractivity contribution in [3.63, 3.8) is 0 Å². The molecule has 1 aromatic heterocycles. The van der Waals surface area contributed by atoms with Gasteiger partial charge in [0.25, 0.3) is 0 Å². The Labute approximate surface area is 134 Å². The number of H-pyrrole nitrogens is 1. The van der Waals surface area contributed by atoms with E-state index in [4.69, 9.17) is 4.74 Å². The fraction of sp³-hybridized carbons (Fsp3) is 0.412. The Morgan fingerprint density at radius 2 is 2.00 bits per heavy atom. The number of carboxylic acid groups (broad SMARTS) is 1. The number of carboxylic acids is 1. The normalized spacial score (nSPS) is 12.8. The SMILES string of the molecule is CC(C)(C)OC(=O)N[C@H](CCc1c[nH]c2ccccc12)C(=O)O. The molecule has 0 radical (unpaired) electrons. The maximum Gasteiger partial charge on any atom is 0.408 e. The standard InChI is InChI=1S/C17H22N2O4/c1-17(2,3)23-16(22)19-14(15(20)21)9-8-11-10-18-13-7-5-4-6-12(11)13/h4-7,10,14,18H,8-9H2,1-3H3,(H,19,22)(H,20,21)/t14-/m1/s1. The van der Waals surface area contributed by atoms with Crippen LogP contribution in [0.1, 0.15) is 32.8 Å². The van der Waals surface area contributed by atoms with E-state index in [0.29, 0.717) is 6.42 Å². The van der Waals surface area contributed by atoms with Crippen LogP contribution < -0.4 is 5.32 Å². The van der Waals surface area contributed by atoms with Gasteiger partial charge in [-0.15, -0.1) is 0 Å². The number of fused-ring (bicyclic) bond motifs is 1. The molecule has 0 spiro atoms. The van der Waals surface area contributed by atoms with Crippen LogP contribution in [0.5, 0.6) is 0 Å². The molecule has 23 heavy (non-hydrogen) atoms. The van der Waals surface area contributed by atoms with Crippen LogP contribution in [0.2, 0.25) is 0 Å². The third-order valence-electron chi connectivity index (χ3n) is 3.37. The summed E-state index contributed by atoms with van der Waals surface area (Å²) in [4.78, 5) is 26.2. The second-order valence-electron chi connectivity index (χ2n) is 6.44. The van der Waals surface area contributed by atoms with Gasteiger partial charge in [-0.1, -0.05) is 18.2 Å². The van der Waals surface area contributed by atoms with Crippen LogP contribution >= 0.6 is 0 Å². The highest BCUT2D eigenvalue weighted by molar-refractivity contribution is 5.83. The van der Waals surface area contributed by atoms with E-state index in [0.717, 1.165) is 16.5 Å². The van der Waals surface area contributed by atoms with Gasteiger partial charge in [-0.25, -0.2) is 9.59 Å². The Kier molecular flexibility index (Phi) is 4.93. The molecule has 124 valence electrons. The predicted molar refractivity (Wildman–Crippen MR) is 87.4 cm³/mol. The second kappa shape index (κ2) is 6.73. The molecule has 0 bridgehead atoms. The summed E-state index contributed by atoms with van der Waals surface area (Å²) in [5.74, 6) is -1.07. The number of hydrogen-bond donors (Lipinski definition) is 3.